The molecule has 5 amide bonds. The molecule has 91 heavy (non-hydrogen) atoms. The normalized spacial score (nSPS) is 19.2. The molecule has 4 heterocycles. The van der Waals surface area contributed by atoms with Gasteiger partial charge in [0.1, 0.15) is 10.9 Å². The zero-order chi connectivity index (χ0) is 64.7. The van der Waals surface area contributed by atoms with Crippen molar-refractivity contribution in [2.24, 2.45) is 5.41 Å². The molecule has 1 unspecified atom stereocenters. The second-order valence-electron chi connectivity index (χ2n) is 24.6. The number of alkyl halides is 3. The molecule has 3 fully saturated rings. The van der Waals surface area contributed by atoms with Crippen molar-refractivity contribution in [3.05, 3.63) is 148 Å². The molecule has 0 saturated carbocycles. The maximum Gasteiger partial charge on any atom is 0.501 e. The van der Waals surface area contributed by atoms with Gasteiger partial charge >= 0.3 is 5.51 Å². The summed E-state index contributed by atoms with van der Waals surface area (Å²) in [6, 6.07) is 29.8. The van der Waals surface area contributed by atoms with Crippen LogP contribution in [0.15, 0.2) is 140 Å². The quantitative estimate of drug-likeness (QED) is 0.0282. The Balaban J connectivity index is 0.707. The first-order valence-electron chi connectivity index (χ1n) is 30.9. The van der Waals surface area contributed by atoms with E-state index in [1.54, 1.807) is 24.3 Å². The Morgan fingerprint density at radius 1 is 0.747 bits per heavy atom. The highest BCUT2D eigenvalue weighted by molar-refractivity contribution is 7.99. The maximum atomic E-state index is 14.5. The van der Waals surface area contributed by atoms with E-state index in [-0.39, 0.29) is 29.4 Å². The number of hydrogen-bond acceptors (Lipinski definition) is 16. The predicted octanol–water partition coefficient (Wildman–Crippen LogP) is 10.9. The summed E-state index contributed by atoms with van der Waals surface area (Å²) in [5.74, 6) is -2.12. The van der Waals surface area contributed by atoms with Crippen LogP contribution in [0.1, 0.15) is 115 Å². The van der Waals surface area contributed by atoms with Gasteiger partial charge in [-0.25, -0.2) is 21.6 Å². The molecule has 4 aliphatic heterocycles. The number of thioether (sulfide) groups is 2. The van der Waals surface area contributed by atoms with Crippen LogP contribution in [-0.2, 0) is 29.4 Å². The first-order valence-corrected chi connectivity index (χ1v) is 36.2. The Kier molecular flexibility index (Phi) is 21.8. The SMILES string of the molecule is CC1(C)CCC(c2ccc(Cl)cc2)=C(CN2CCN(c3ccc(C(=O)NS(=O)(=O)c4ccc(N[C@H](CCN5CCN(CCCCCCSc6cccc7c6C(=O)N(C6CCC(=O)NC6=O)C7=O)CC5)CSc5ccccc5)c(S(=O)(=O)C(F)(F)F)c4)cc3)CC2)C1. The number of sulfonamides is 1. The number of unbranched alkanes of at least 4 members (excludes halogenated alkanes) is 3. The standard InChI is InChI=1S/C66H76ClF3N8O9S4/c1-65(2)29-27-53(45-15-19-48(67)20-16-45)47(42-65)43-76-36-38-77(39-37-76)50-21-17-46(18-22-50)61(80)73-91(86,87)52-23-24-55(58(41-52)90(84,85)66(68,69)70)71-49(44-89-51-11-6-5-7-12-51)28-31-75-34-32-74(33-35-75)30-8-3-4-9-40-88-57-14-10-13-54-60(57)64(83)78(63(54)82)56-25-26-59(79)72-62(56)81/h5-7,10-24,41,49,56,71H,3-4,8-9,25-40,42-44H2,1-2H3,(H,73,80)(H,72,79,81)/t49-,56?/m1/s1. The third kappa shape index (κ3) is 16.8. The number of nitrogens with zero attached hydrogens (tertiary/aromatic N) is 5. The molecule has 5 aliphatic rings. The van der Waals surface area contributed by atoms with E-state index in [0.717, 1.165) is 144 Å². The van der Waals surface area contributed by atoms with Gasteiger partial charge in [0.25, 0.3) is 37.6 Å². The molecule has 486 valence electrons. The van der Waals surface area contributed by atoms with Crippen molar-refractivity contribution in [1.29, 1.82) is 0 Å². The van der Waals surface area contributed by atoms with Gasteiger partial charge in [-0.05, 0) is 153 Å². The molecular weight excluding hydrogens is 1270 g/mol. The number of benzene rings is 5. The number of halogens is 4. The second kappa shape index (κ2) is 29.4. The van der Waals surface area contributed by atoms with Crippen LogP contribution >= 0.6 is 35.1 Å². The average molecular weight is 1350 g/mol. The molecule has 25 heteroatoms. The fourth-order valence-corrected chi connectivity index (χ4v) is 16.7. The fraction of sp³-hybridized carbons (Fsp3) is 0.439. The highest BCUT2D eigenvalue weighted by atomic mass is 35.5. The van der Waals surface area contributed by atoms with Crippen LogP contribution in [0.2, 0.25) is 5.02 Å². The number of piperidine rings is 1. The summed E-state index contributed by atoms with van der Waals surface area (Å²) >= 11 is 9.16. The number of carbonyl (C=O) groups excluding carboxylic acids is 5. The molecule has 10 rings (SSSR count). The lowest BCUT2D eigenvalue weighted by atomic mass is 9.73. The van der Waals surface area contributed by atoms with Gasteiger partial charge in [0.2, 0.25) is 11.8 Å². The van der Waals surface area contributed by atoms with E-state index in [1.165, 1.54) is 52.4 Å². The Morgan fingerprint density at radius 2 is 1.43 bits per heavy atom. The number of fused-ring (bicyclic) bond motifs is 1. The highest BCUT2D eigenvalue weighted by Crippen LogP contribution is 2.44. The van der Waals surface area contributed by atoms with Crippen LogP contribution in [0, 0.1) is 5.41 Å². The van der Waals surface area contributed by atoms with E-state index >= 15 is 0 Å². The van der Waals surface area contributed by atoms with Crippen molar-refractivity contribution in [3.63, 3.8) is 0 Å². The van der Waals surface area contributed by atoms with Gasteiger partial charge in [-0.3, -0.25) is 39.1 Å². The molecule has 5 aromatic carbocycles. The van der Waals surface area contributed by atoms with Crippen LogP contribution in [0.4, 0.5) is 24.5 Å². The lowest BCUT2D eigenvalue weighted by molar-refractivity contribution is -0.136. The van der Waals surface area contributed by atoms with Crippen molar-refractivity contribution < 1.29 is 54.0 Å². The summed E-state index contributed by atoms with van der Waals surface area (Å²) in [7, 11) is -11.0. The van der Waals surface area contributed by atoms with Crippen molar-refractivity contribution in [2.45, 2.75) is 115 Å². The van der Waals surface area contributed by atoms with Crippen molar-refractivity contribution >= 4 is 101 Å². The number of carbonyl (C=O) groups is 5. The van der Waals surface area contributed by atoms with Crippen molar-refractivity contribution in [1.82, 2.24) is 29.6 Å². The number of rotatable bonds is 25. The fourth-order valence-electron chi connectivity index (χ4n) is 12.5. The molecule has 0 spiro atoms. The Labute approximate surface area is 544 Å². The van der Waals surface area contributed by atoms with Gasteiger partial charge in [0, 0.05) is 110 Å². The summed E-state index contributed by atoms with van der Waals surface area (Å²) < 4.78 is 99.9. The lowest BCUT2D eigenvalue weighted by Gasteiger charge is -2.39. The first kappa shape index (κ1) is 67.6. The van der Waals surface area contributed by atoms with Crippen LogP contribution in [0.3, 0.4) is 0 Å². The zero-order valence-corrected chi connectivity index (χ0v) is 55.0. The largest absolute Gasteiger partial charge is 0.501 e. The number of nitrogens with one attached hydrogen (secondary N) is 3. The lowest BCUT2D eigenvalue weighted by Crippen LogP contribution is -2.54. The molecule has 0 bridgehead atoms. The highest BCUT2D eigenvalue weighted by Gasteiger charge is 2.49. The minimum atomic E-state index is -6.13. The molecule has 5 aromatic rings. The number of hydrogen-bond donors (Lipinski definition) is 3. The number of sulfone groups is 1. The molecule has 3 N–H and O–H groups in total. The summed E-state index contributed by atoms with van der Waals surface area (Å²) in [4.78, 5) is 74.3. The van der Waals surface area contributed by atoms with E-state index in [0.29, 0.717) is 40.3 Å². The molecular formula is C66H76ClF3N8O9S4. The Hall–Kier alpha value is -6.25. The van der Waals surface area contributed by atoms with Crippen molar-refractivity contribution in [3.8, 4) is 0 Å². The third-order valence-electron chi connectivity index (χ3n) is 17.6. The predicted molar refractivity (Wildman–Crippen MR) is 350 cm³/mol. The van der Waals surface area contributed by atoms with E-state index in [9.17, 15) is 54.0 Å². The van der Waals surface area contributed by atoms with E-state index in [2.05, 4.69) is 56.2 Å². The zero-order valence-electron chi connectivity index (χ0n) is 50.9. The smallest absolute Gasteiger partial charge is 0.380 e. The number of imide groups is 2. The minimum absolute atomic E-state index is 0.0209. The number of amides is 5. The molecule has 3 saturated heterocycles. The summed E-state index contributed by atoms with van der Waals surface area (Å²) in [5, 5.41) is 5.99. The van der Waals surface area contributed by atoms with E-state index in [4.69, 9.17) is 11.6 Å². The van der Waals surface area contributed by atoms with E-state index < -0.39 is 82.5 Å². The number of allylic oxidation sites excluding steroid dienone is 1. The van der Waals surface area contributed by atoms with Crippen LogP contribution in [0.5, 0.6) is 0 Å². The van der Waals surface area contributed by atoms with Crippen molar-refractivity contribution in [2.75, 3.05) is 93.7 Å². The van der Waals surface area contributed by atoms with Gasteiger partial charge in [-0.1, -0.05) is 80.3 Å². The molecule has 17 nitrogen and oxygen atoms in total. The second-order valence-corrected chi connectivity index (χ2v) is 30.9. The monoisotopic (exact) mass is 1340 g/mol. The van der Waals surface area contributed by atoms with Crippen LogP contribution in [-0.4, -0.2) is 167 Å². The summed E-state index contributed by atoms with van der Waals surface area (Å²) in [6.45, 7) is 13.0. The topological polar surface area (TPSA) is 206 Å². The van der Waals surface area contributed by atoms with Gasteiger partial charge < -0.3 is 20.0 Å². The van der Waals surface area contributed by atoms with Crippen LogP contribution in [0.25, 0.3) is 5.57 Å². The van der Waals surface area contributed by atoms with Gasteiger partial charge in [-0.2, -0.15) is 13.2 Å². The van der Waals surface area contributed by atoms with Gasteiger partial charge in [-0.15, -0.1) is 23.5 Å². The van der Waals surface area contributed by atoms with Crippen LogP contribution < -0.4 is 20.3 Å². The molecule has 2 atom stereocenters. The molecule has 0 aromatic heterocycles. The van der Waals surface area contributed by atoms with E-state index in [1.807, 2.05) is 53.3 Å². The minimum Gasteiger partial charge on any atom is -0.380 e. The van der Waals surface area contributed by atoms with Gasteiger partial charge in [0.05, 0.1) is 21.7 Å². The third-order valence-corrected chi connectivity index (χ3v) is 23.0. The summed E-state index contributed by atoms with van der Waals surface area (Å²) in [5.41, 5.74) is -0.621. The Bertz CT molecular complexity index is 3750. The van der Waals surface area contributed by atoms with Gasteiger partial charge in [0.15, 0.2) is 0 Å². The summed E-state index contributed by atoms with van der Waals surface area (Å²) in [6.07, 6.45) is 7.44. The first-order chi connectivity index (χ1) is 43.4. The molecule has 0 radical (unpaired) electrons. The Morgan fingerprint density at radius 3 is 2.12 bits per heavy atom. The maximum absolute atomic E-state index is 14.5. The number of anilines is 2. The number of piperazine rings is 2. The molecule has 1 aliphatic carbocycles. The average Bonchev–Trinajstić information content (AvgIpc) is 1.60.